The molecular weight excluding hydrogens is 1260 g/mol. The Balaban J connectivity index is 1.28. The van der Waals surface area contributed by atoms with Crippen molar-refractivity contribution in [1.29, 1.82) is 0 Å². The average molecular weight is 1350 g/mol. The zero-order valence-electron chi connectivity index (χ0n) is 50.1. The molecule has 40 heteroatoms. The van der Waals surface area contributed by atoms with E-state index >= 15 is 0 Å². The van der Waals surface area contributed by atoms with Crippen LogP contribution < -0.4 is 10.6 Å². The number of carbonyl (C=O) groups excluding carboxylic acids is 2. The Hall–Kier alpha value is -2.50. The van der Waals surface area contributed by atoms with Gasteiger partial charge in [0, 0.05) is 13.8 Å². The van der Waals surface area contributed by atoms with E-state index in [4.69, 9.17) is 66.3 Å². The Morgan fingerprint density at radius 2 is 0.685 bits per heavy atom. The van der Waals surface area contributed by atoms with E-state index in [1.165, 1.54) is 20.8 Å². The van der Waals surface area contributed by atoms with Crippen molar-refractivity contribution in [2.24, 2.45) is 0 Å². The number of aliphatic hydroxyl groups excluding tert-OH is 22. The van der Waals surface area contributed by atoms with E-state index in [2.05, 4.69) is 10.6 Å². The van der Waals surface area contributed by atoms with Crippen LogP contribution in [0.25, 0.3) is 0 Å². The summed E-state index contributed by atoms with van der Waals surface area (Å²) in [6.45, 7) is -1.19. The van der Waals surface area contributed by atoms with Crippen LogP contribution in [0.3, 0.4) is 0 Å². The molecule has 92 heavy (non-hydrogen) atoms. The normalized spacial score (nSPS) is 48.4. The fourth-order valence-electron chi connectivity index (χ4n) is 11.7. The molecule has 39 atom stereocenters. The van der Waals surface area contributed by atoms with Crippen molar-refractivity contribution < 1.29 is 188 Å². The third kappa shape index (κ3) is 16.8. The summed E-state index contributed by atoms with van der Waals surface area (Å²) in [4.78, 5) is 26.5. The molecule has 0 aromatic carbocycles. The molecule has 0 spiro atoms. The molecule has 0 radical (unpaired) electrons. The van der Waals surface area contributed by atoms with Crippen LogP contribution in [0.4, 0.5) is 0 Å². The van der Waals surface area contributed by atoms with Gasteiger partial charge in [0.25, 0.3) is 0 Å². The van der Waals surface area contributed by atoms with Crippen molar-refractivity contribution in [2.45, 2.75) is 274 Å². The largest absolute Gasteiger partial charge is 0.394 e. The van der Waals surface area contributed by atoms with Crippen LogP contribution in [0.5, 0.6) is 0 Å². The van der Waals surface area contributed by atoms with Crippen LogP contribution in [0.1, 0.15) is 34.6 Å². The van der Waals surface area contributed by atoms with Gasteiger partial charge >= 0.3 is 0 Å². The van der Waals surface area contributed by atoms with Crippen LogP contribution in [0, 0.1) is 0 Å². The standard InChI is InChI=1S/C52H90N2O38/c1-12-25(65)31(71)35(75)48(79-12)89-42-23(53-15(4)61)46(86-39(18(64)7-56)28(68)17(63)6-55)84-21(10-59)40(42)87-51-38(78)44(30(70)20(9-58)82-51)91-47-24(54-16(5)62)43(90-49-36(76)32(72)26(66)13(2)80-49)41(22(11-60)85-47)88-52-45(34(74)29(69)19(8-57)83-52)92-50-37(77)33(73)27(67)14(3)81-50/h12-14,17-52,55-60,63-78H,6-11H2,1-5H3,(H,53,61)(H,54,62)/t12-,13-,14-,17-,18+,19+,20+,21+,22+,23+,24+,25+,26+,27+,28+,29-,30-,31+,32+,33+,34-,35-,36-,37-,38+,39+,40+,41+,42+,43+,44-,45+,46-,47-,48-,49-,50-,51-,52-/m0/s1. The van der Waals surface area contributed by atoms with Gasteiger partial charge in [0.2, 0.25) is 11.8 Å². The van der Waals surface area contributed by atoms with Gasteiger partial charge < -0.3 is 189 Å². The number of aliphatic hydroxyl groups is 22. The lowest BCUT2D eigenvalue weighted by Crippen LogP contribution is -2.72. The Morgan fingerprint density at radius 1 is 0.348 bits per heavy atom. The van der Waals surface area contributed by atoms with E-state index in [0.717, 1.165) is 13.8 Å². The summed E-state index contributed by atoms with van der Waals surface area (Å²) in [6, 6.07) is -3.91. The van der Waals surface area contributed by atoms with Crippen molar-refractivity contribution in [1.82, 2.24) is 10.6 Å². The van der Waals surface area contributed by atoms with Gasteiger partial charge in [0.15, 0.2) is 44.0 Å². The van der Waals surface area contributed by atoms with Crippen molar-refractivity contribution in [3.63, 3.8) is 0 Å². The quantitative estimate of drug-likeness (QED) is 0.0404. The minimum Gasteiger partial charge on any atom is -0.394 e. The summed E-state index contributed by atoms with van der Waals surface area (Å²) in [7, 11) is 0. The number of nitrogens with one attached hydrogen (secondary N) is 2. The molecule has 0 bridgehead atoms. The molecular formula is C52H90N2O38. The maximum absolute atomic E-state index is 13.4. The first-order chi connectivity index (χ1) is 43.4. The van der Waals surface area contributed by atoms with E-state index in [-0.39, 0.29) is 0 Å². The zero-order valence-corrected chi connectivity index (χ0v) is 50.1. The number of ether oxygens (including phenoxy) is 14. The number of carbonyl (C=O) groups is 2. The van der Waals surface area contributed by atoms with Crippen LogP contribution in [0.2, 0.25) is 0 Å². The monoisotopic (exact) mass is 1350 g/mol. The first-order valence-corrected chi connectivity index (χ1v) is 29.6. The van der Waals surface area contributed by atoms with Gasteiger partial charge in [-0.05, 0) is 20.8 Å². The molecule has 24 N–H and O–H groups in total. The number of rotatable bonds is 25. The molecule has 7 heterocycles. The Bertz CT molecular complexity index is 2280. The molecule has 7 aliphatic rings. The van der Waals surface area contributed by atoms with E-state index in [0.29, 0.717) is 0 Å². The lowest BCUT2D eigenvalue weighted by molar-refractivity contribution is -0.402. The molecule has 40 nitrogen and oxygen atoms in total. The number of hydrogen-bond donors (Lipinski definition) is 24. The molecule has 7 fully saturated rings. The maximum Gasteiger partial charge on any atom is 0.217 e. The SMILES string of the molecule is CC(=O)N[C@H]1[C@H](O[C@@H]([C@H](O)[C@@H](O)CO)[C@H](O)CO)O[C@H](CO)[C@@H](O[C@@H]2O[C@H](CO)[C@H](O)[C@H](O[C@@H]3O[C@H](CO)[C@@H](O[C@@H]4O[C@H](CO)[C@H](O)[C@H](O)[C@H]4O[C@@H]4O[C@@H](C)[C@@H](O)[C@@H](O)[C@@H]4O)[C@H](O[C@@H]4O[C@@H](C)[C@@H](O)[C@@H](O)[C@@H]4O)[C@H]3NC(C)=O)[C@H]2O)[C@@H]1O[C@@H]1O[C@@H](C)[C@@H](O)[C@@H](O)[C@@H]1O. The molecule has 2 amide bonds. The highest BCUT2D eigenvalue weighted by Crippen LogP contribution is 2.40. The molecule has 0 unspecified atom stereocenters. The predicted molar refractivity (Wildman–Crippen MR) is 286 cm³/mol. The third-order valence-electron chi connectivity index (χ3n) is 17.0. The Labute approximate surface area is 523 Å². The van der Waals surface area contributed by atoms with E-state index in [1.807, 2.05) is 0 Å². The van der Waals surface area contributed by atoms with Crippen molar-refractivity contribution in [3.05, 3.63) is 0 Å². The van der Waals surface area contributed by atoms with Gasteiger partial charge in [-0.25, -0.2) is 0 Å². The third-order valence-corrected chi connectivity index (χ3v) is 17.0. The molecule has 0 aliphatic carbocycles. The number of hydrogen-bond acceptors (Lipinski definition) is 38. The summed E-state index contributed by atoms with van der Waals surface area (Å²) < 4.78 is 84.1. The van der Waals surface area contributed by atoms with Crippen molar-refractivity contribution >= 4 is 11.8 Å². The number of amides is 2. The van der Waals surface area contributed by atoms with Crippen LogP contribution >= 0.6 is 0 Å². The molecule has 0 aromatic heterocycles. The topological polar surface area (TPSA) is 632 Å². The molecule has 7 aliphatic heterocycles. The molecule has 7 rings (SSSR count). The van der Waals surface area contributed by atoms with Gasteiger partial charge in [-0.3, -0.25) is 9.59 Å². The lowest BCUT2D eigenvalue weighted by atomic mass is 9.93. The Kier molecular flexibility index (Phi) is 27.9. The lowest BCUT2D eigenvalue weighted by Gasteiger charge is -2.52. The minimum atomic E-state index is -2.44. The molecule has 7 saturated heterocycles. The van der Waals surface area contributed by atoms with Crippen LogP contribution in [-0.4, -0.2) is 403 Å². The Morgan fingerprint density at radius 3 is 1.10 bits per heavy atom. The summed E-state index contributed by atoms with van der Waals surface area (Å²) in [5.41, 5.74) is 0. The summed E-state index contributed by atoms with van der Waals surface area (Å²) in [5, 5.41) is 244. The zero-order chi connectivity index (χ0) is 68.2. The summed E-state index contributed by atoms with van der Waals surface area (Å²) in [5.74, 6) is -1.92. The van der Waals surface area contributed by atoms with Gasteiger partial charge in [-0.15, -0.1) is 0 Å². The van der Waals surface area contributed by atoms with Gasteiger partial charge in [0.1, 0.15) is 177 Å². The first-order valence-electron chi connectivity index (χ1n) is 29.6. The van der Waals surface area contributed by atoms with Gasteiger partial charge in [-0.1, -0.05) is 0 Å². The smallest absolute Gasteiger partial charge is 0.217 e. The fourth-order valence-corrected chi connectivity index (χ4v) is 11.7. The van der Waals surface area contributed by atoms with Crippen LogP contribution in [-0.2, 0) is 75.9 Å². The van der Waals surface area contributed by atoms with E-state index in [1.54, 1.807) is 0 Å². The summed E-state index contributed by atoms with van der Waals surface area (Å²) in [6.07, 6.45) is -73.5. The highest BCUT2D eigenvalue weighted by Gasteiger charge is 2.60. The van der Waals surface area contributed by atoms with Crippen LogP contribution in [0.15, 0.2) is 0 Å². The summed E-state index contributed by atoms with van der Waals surface area (Å²) >= 11 is 0. The highest BCUT2D eigenvalue weighted by molar-refractivity contribution is 5.73. The van der Waals surface area contributed by atoms with Crippen molar-refractivity contribution in [3.8, 4) is 0 Å². The second-order valence-electron chi connectivity index (χ2n) is 23.6. The second kappa shape index (κ2) is 33.4. The predicted octanol–water partition coefficient (Wildman–Crippen LogP) is -15.4. The minimum absolute atomic E-state index is 0.946. The maximum atomic E-state index is 13.4. The average Bonchev–Trinajstić information content (AvgIpc) is 0.767. The first kappa shape index (κ1) is 76.9. The van der Waals surface area contributed by atoms with E-state index < -0.39 is 291 Å². The highest BCUT2D eigenvalue weighted by atomic mass is 16.8. The fraction of sp³-hybridized carbons (Fsp3) is 0.962. The molecule has 0 aromatic rings. The van der Waals surface area contributed by atoms with Gasteiger partial charge in [0.05, 0.1) is 58.0 Å². The van der Waals surface area contributed by atoms with Gasteiger partial charge in [-0.2, -0.15) is 0 Å². The van der Waals surface area contributed by atoms with Crippen molar-refractivity contribution in [2.75, 3.05) is 39.6 Å². The second-order valence-corrected chi connectivity index (χ2v) is 23.6. The van der Waals surface area contributed by atoms with E-state index in [9.17, 15) is 122 Å². The molecule has 0 saturated carbocycles. The molecule has 536 valence electrons.